The van der Waals surface area contributed by atoms with Gasteiger partial charge in [-0.3, -0.25) is 0 Å². The van der Waals surface area contributed by atoms with E-state index in [0.717, 1.165) is 5.92 Å². The zero-order valence-electron chi connectivity index (χ0n) is 13.8. The first-order valence-electron chi connectivity index (χ1n) is 8.70. The Morgan fingerprint density at radius 3 is 2.90 bits per heavy atom. The molecule has 1 aromatic carbocycles. The van der Waals surface area contributed by atoms with Gasteiger partial charge in [-0.2, -0.15) is 0 Å². The van der Waals surface area contributed by atoms with Crippen molar-refractivity contribution in [2.24, 2.45) is 5.92 Å². The Morgan fingerprint density at radius 1 is 1.24 bits per heavy atom. The number of hydrogen-bond donors (Lipinski definition) is 0. The molecule has 0 aliphatic carbocycles. The predicted octanol–water partition coefficient (Wildman–Crippen LogP) is 5.38. The number of aryl methyl sites for hydroxylation is 1. The monoisotopic (exact) mass is 305 g/mol. The van der Waals surface area contributed by atoms with E-state index in [-0.39, 0.29) is 0 Å². The highest BCUT2D eigenvalue weighted by Crippen LogP contribution is 2.24. The van der Waals surface area contributed by atoms with Gasteiger partial charge in [0.1, 0.15) is 0 Å². The topological polar surface area (TPSA) is 3.24 Å². The van der Waals surface area contributed by atoms with Crippen LogP contribution in [0.3, 0.4) is 0 Å². The van der Waals surface area contributed by atoms with Crippen molar-refractivity contribution >= 4 is 11.8 Å². The molecule has 1 unspecified atom stereocenters. The van der Waals surface area contributed by atoms with Crippen LogP contribution in [0.4, 0.5) is 0 Å². The first-order chi connectivity index (χ1) is 10.3. The third-order valence-corrected chi connectivity index (χ3v) is 5.80. The van der Waals surface area contributed by atoms with Crippen molar-refractivity contribution in [2.75, 3.05) is 25.4 Å². The van der Waals surface area contributed by atoms with E-state index in [1.807, 2.05) is 11.8 Å². The summed E-state index contributed by atoms with van der Waals surface area (Å²) in [6, 6.07) is 8.74. The molecule has 0 aromatic heterocycles. The van der Waals surface area contributed by atoms with Crippen LogP contribution in [0.5, 0.6) is 0 Å². The van der Waals surface area contributed by atoms with Crippen molar-refractivity contribution in [1.82, 2.24) is 4.90 Å². The van der Waals surface area contributed by atoms with E-state index in [2.05, 4.69) is 43.0 Å². The molecule has 118 valence electrons. The number of thioether (sulfide) groups is 1. The van der Waals surface area contributed by atoms with Gasteiger partial charge in [-0.25, -0.2) is 0 Å². The molecule has 2 rings (SSSR count). The van der Waals surface area contributed by atoms with Crippen LogP contribution in [-0.2, 0) is 0 Å². The number of nitrogens with zero attached hydrogens (tertiary/aromatic N) is 1. The van der Waals surface area contributed by atoms with Crippen LogP contribution in [0, 0.1) is 12.8 Å². The summed E-state index contributed by atoms with van der Waals surface area (Å²) in [5.41, 5.74) is 1.42. The Morgan fingerprint density at radius 2 is 2.10 bits per heavy atom. The van der Waals surface area contributed by atoms with Gasteiger partial charge in [0, 0.05) is 11.4 Å². The van der Waals surface area contributed by atoms with Crippen molar-refractivity contribution in [3.05, 3.63) is 29.8 Å². The van der Waals surface area contributed by atoms with Gasteiger partial charge in [0.05, 0.1) is 0 Å². The lowest BCUT2D eigenvalue weighted by molar-refractivity contribution is 0.167. The Kier molecular flexibility index (Phi) is 7.66. The fourth-order valence-corrected chi connectivity index (χ4v) is 4.24. The van der Waals surface area contributed by atoms with Crippen LogP contribution in [0.25, 0.3) is 0 Å². The number of unbranched alkanes of at least 4 members (excludes halogenated alkanes) is 1. The van der Waals surface area contributed by atoms with E-state index in [9.17, 15) is 0 Å². The van der Waals surface area contributed by atoms with E-state index >= 15 is 0 Å². The number of likely N-dealkylation sites (tertiary alicyclic amines) is 1. The van der Waals surface area contributed by atoms with Crippen molar-refractivity contribution in [3.8, 4) is 0 Å². The third kappa shape index (κ3) is 6.04. The molecule has 2 heteroatoms. The van der Waals surface area contributed by atoms with Crippen LogP contribution in [-0.4, -0.2) is 30.3 Å². The number of piperidine rings is 1. The van der Waals surface area contributed by atoms with Gasteiger partial charge in [-0.1, -0.05) is 38.0 Å². The third-order valence-electron chi connectivity index (χ3n) is 4.54. The lowest BCUT2D eigenvalue weighted by Crippen LogP contribution is -2.36. The Labute approximate surface area is 135 Å². The van der Waals surface area contributed by atoms with E-state index in [1.54, 1.807) is 0 Å². The zero-order chi connectivity index (χ0) is 14.9. The smallest absolute Gasteiger partial charge is 0.0101 e. The molecule has 1 aromatic rings. The maximum Gasteiger partial charge on any atom is 0.0101 e. The summed E-state index contributed by atoms with van der Waals surface area (Å²) < 4.78 is 0. The molecule has 1 heterocycles. The quantitative estimate of drug-likeness (QED) is 0.468. The van der Waals surface area contributed by atoms with Gasteiger partial charge in [-0.05, 0) is 69.0 Å². The van der Waals surface area contributed by atoms with Crippen LogP contribution >= 0.6 is 11.8 Å². The van der Waals surface area contributed by atoms with Gasteiger partial charge in [-0.15, -0.1) is 11.8 Å². The number of rotatable bonds is 8. The lowest BCUT2D eigenvalue weighted by Gasteiger charge is -2.32. The summed E-state index contributed by atoms with van der Waals surface area (Å²) in [6.07, 6.45) is 8.42. The second kappa shape index (κ2) is 9.53. The molecular weight excluding hydrogens is 274 g/mol. The van der Waals surface area contributed by atoms with Crippen LogP contribution < -0.4 is 0 Å². The summed E-state index contributed by atoms with van der Waals surface area (Å²) in [5.74, 6) is 2.23. The van der Waals surface area contributed by atoms with Gasteiger partial charge < -0.3 is 4.90 Å². The van der Waals surface area contributed by atoms with Crippen LogP contribution in [0.2, 0.25) is 0 Å². The average molecular weight is 306 g/mol. The molecule has 1 saturated heterocycles. The summed E-state index contributed by atoms with van der Waals surface area (Å²) in [7, 11) is 0. The van der Waals surface area contributed by atoms with E-state index in [0.29, 0.717) is 0 Å². The van der Waals surface area contributed by atoms with Crippen molar-refractivity contribution in [2.45, 2.75) is 57.3 Å². The molecular formula is C19H31NS. The van der Waals surface area contributed by atoms with Crippen LogP contribution in [0.15, 0.2) is 29.2 Å². The second-order valence-electron chi connectivity index (χ2n) is 6.42. The standard InChI is InChI=1S/C19H31NS/c1-3-4-10-18-11-7-13-20(16-18)14-8-15-21-19-12-6-5-9-17(19)2/h5-6,9,12,18H,3-4,7-8,10-11,13-16H2,1-2H3. The molecule has 0 saturated carbocycles. The van der Waals surface area contributed by atoms with E-state index in [4.69, 9.17) is 0 Å². The molecule has 1 nitrogen and oxygen atoms in total. The highest BCUT2D eigenvalue weighted by molar-refractivity contribution is 7.99. The maximum atomic E-state index is 2.71. The van der Waals surface area contributed by atoms with Gasteiger partial charge >= 0.3 is 0 Å². The molecule has 0 spiro atoms. The molecule has 1 atom stereocenters. The lowest BCUT2D eigenvalue weighted by atomic mass is 9.93. The minimum absolute atomic E-state index is 0.975. The molecule has 1 fully saturated rings. The minimum Gasteiger partial charge on any atom is -0.303 e. The molecule has 21 heavy (non-hydrogen) atoms. The Hall–Kier alpha value is -0.470. The zero-order valence-corrected chi connectivity index (χ0v) is 14.6. The fourth-order valence-electron chi connectivity index (χ4n) is 3.27. The summed E-state index contributed by atoms with van der Waals surface area (Å²) in [4.78, 5) is 4.17. The Balaban J connectivity index is 1.63. The molecule has 0 N–H and O–H groups in total. The molecule has 0 bridgehead atoms. The predicted molar refractivity (Wildman–Crippen MR) is 95.2 cm³/mol. The Bertz CT molecular complexity index is 404. The fraction of sp³-hybridized carbons (Fsp3) is 0.684. The van der Waals surface area contributed by atoms with Gasteiger partial charge in [0.15, 0.2) is 0 Å². The van der Waals surface area contributed by atoms with Gasteiger partial charge in [0.25, 0.3) is 0 Å². The largest absolute Gasteiger partial charge is 0.303 e. The van der Waals surface area contributed by atoms with Crippen LogP contribution in [0.1, 0.15) is 51.0 Å². The van der Waals surface area contributed by atoms with E-state index < -0.39 is 0 Å². The minimum atomic E-state index is 0.975. The van der Waals surface area contributed by atoms with E-state index in [1.165, 1.54) is 74.4 Å². The highest BCUT2D eigenvalue weighted by atomic mass is 32.2. The molecule has 0 radical (unpaired) electrons. The average Bonchev–Trinajstić information content (AvgIpc) is 2.51. The van der Waals surface area contributed by atoms with Crippen molar-refractivity contribution < 1.29 is 0 Å². The SMILES string of the molecule is CCCCC1CCCN(CCCSc2ccccc2C)C1. The normalized spacial score (nSPS) is 19.8. The first-order valence-corrected chi connectivity index (χ1v) is 9.69. The summed E-state index contributed by atoms with van der Waals surface area (Å²) in [5, 5.41) is 0. The number of benzene rings is 1. The maximum absolute atomic E-state index is 2.71. The van der Waals surface area contributed by atoms with Crippen molar-refractivity contribution in [3.63, 3.8) is 0 Å². The summed E-state index contributed by atoms with van der Waals surface area (Å²) >= 11 is 2.02. The van der Waals surface area contributed by atoms with Gasteiger partial charge in [0.2, 0.25) is 0 Å². The summed E-state index contributed by atoms with van der Waals surface area (Å²) in [6.45, 7) is 8.50. The number of hydrogen-bond acceptors (Lipinski definition) is 2. The second-order valence-corrected chi connectivity index (χ2v) is 7.56. The molecule has 1 aliphatic rings. The molecule has 1 aliphatic heterocycles. The molecule has 0 amide bonds. The highest BCUT2D eigenvalue weighted by Gasteiger charge is 2.18. The first kappa shape index (κ1) is 16.9. The van der Waals surface area contributed by atoms with Crippen molar-refractivity contribution in [1.29, 1.82) is 0 Å².